The molecule has 0 radical (unpaired) electrons. The summed E-state index contributed by atoms with van der Waals surface area (Å²) in [5, 5.41) is 8.06. The van der Waals surface area contributed by atoms with Gasteiger partial charge in [-0.3, -0.25) is 24.4 Å². The minimum absolute atomic E-state index is 0.0951. The number of carbonyl (C=O) groups is 3. The van der Waals surface area contributed by atoms with Crippen LogP contribution in [0.3, 0.4) is 0 Å². The Kier molecular flexibility index (Phi) is 7.59. The summed E-state index contributed by atoms with van der Waals surface area (Å²) in [6.45, 7) is 5.70. The SMILES string of the molecule is CCc1ccc(N(C(=O)CN2C=CN(c3ccccc3)C(=O)/C(=C/c3n[nH]c4ccccc34)C2=O)C(C)C)cc1. The van der Waals surface area contributed by atoms with Crippen LogP contribution in [-0.2, 0) is 20.8 Å². The predicted molar refractivity (Wildman–Crippen MR) is 157 cm³/mol. The molecule has 3 aromatic carbocycles. The lowest BCUT2D eigenvalue weighted by Crippen LogP contribution is -2.44. The van der Waals surface area contributed by atoms with Crippen LogP contribution in [0, 0.1) is 0 Å². The maximum Gasteiger partial charge on any atom is 0.268 e. The van der Waals surface area contributed by atoms with E-state index >= 15 is 0 Å². The smallest absolute Gasteiger partial charge is 0.268 e. The van der Waals surface area contributed by atoms with Crippen LogP contribution in [0.2, 0.25) is 0 Å². The van der Waals surface area contributed by atoms with Crippen molar-refractivity contribution in [2.75, 3.05) is 16.3 Å². The van der Waals surface area contributed by atoms with E-state index in [4.69, 9.17) is 0 Å². The molecule has 0 atom stereocenters. The summed E-state index contributed by atoms with van der Waals surface area (Å²) in [5.41, 5.74) is 3.68. The Morgan fingerprint density at radius 3 is 2.33 bits per heavy atom. The largest absolute Gasteiger partial charge is 0.308 e. The molecule has 40 heavy (non-hydrogen) atoms. The van der Waals surface area contributed by atoms with Crippen LogP contribution in [0.1, 0.15) is 32.0 Å². The van der Waals surface area contributed by atoms with Crippen molar-refractivity contribution in [2.45, 2.75) is 33.2 Å². The number of hydrogen-bond acceptors (Lipinski definition) is 4. The van der Waals surface area contributed by atoms with Crippen molar-refractivity contribution in [3.05, 3.63) is 108 Å². The molecule has 8 heteroatoms. The molecule has 4 aromatic rings. The Labute approximate surface area is 233 Å². The first-order chi connectivity index (χ1) is 19.4. The van der Waals surface area contributed by atoms with E-state index < -0.39 is 11.8 Å². The average molecular weight is 534 g/mol. The molecule has 0 saturated carbocycles. The van der Waals surface area contributed by atoms with Gasteiger partial charge < -0.3 is 9.80 Å². The van der Waals surface area contributed by atoms with Crippen molar-refractivity contribution in [1.29, 1.82) is 0 Å². The Hall–Kier alpha value is -4.98. The minimum atomic E-state index is -0.579. The molecule has 202 valence electrons. The van der Waals surface area contributed by atoms with Crippen molar-refractivity contribution >= 4 is 46.1 Å². The second-order valence-corrected chi connectivity index (χ2v) is 9.83. The number of anilines is 2. The van der Waals surface area contributed by atoms with Gasteiger partial charge in [0.2, 0.25) is 5.91 Å². The molecule has 0 saturated heterocycles. The number of aromatic nitrogens is 2. The second kappa shape index (κ2) is 11.4. The summed E-state index contributed by atoms with van der Waals surface area (Å²) in [6, 6.07) is 24.3. The number of H-pyrrole nitrogens is 1. The lowest BCUT2D eigenvalue weighted by molar-refractivity contribution is -0.131. The molecule has 3 amide bonds. The fourth-order valence-corrected chi connectivity index (χ4v) is 4.77. The molecule has 8 nitrogen and oxygen atoms in total. The zero-order valence-electron chi connectivity index (χ0n) is 22.7. The second-order valence-electron chi connectivity index (χ2n) is 9.83. The predicted octanol–water partition coefficient (Wildman–Crippen LogP) is 5.30. The van der Waals surface area contributed by atoms with E-state index in [-0.39, 0.29) is 24.1 Å². The Bertz CT molecular complexity index is 1600. The Morgan fingerprint density at radius 1 is 0.925 bits per heavy atom. The monoisotopic (exact) mass is 533 g/mol. The van der Waals surface area contributed by atoms with Crippen LogP contribution >= 0.6 is 0 Å². The van der Waals surface area contributed by atoms with Crippen LogP contribution in [0.15, 0.2) is 96.8 Å². The maximum atomic E-state index is 13.9. The highest BCUT2D eigenvalue weighted by molar-refractivity contribution is 6.28. The van der Waals surface area contributed by atoms with Gasteiger partial charge in [0, 0.05) is 35.2 Å². The van der Waals surface area contributed by atoms with Gasteiger partial charge in [0.05, 0.1) is 11.2 Å². The molecule has 2 heterocycles. The van der Waals surface area contributed by atoms with E-state index in [2.05, 4.69) is 17.1 Å². The number of aryl methyl sites for hydroxylation is 1. The zero-order valence-corrected chi connectivity index (χ0v) is 22.7. The van der Waals surface area contributed by atoms with E-state index in [0.29, 0.717) is 11.4 Å². The number of benzene rings is 3. The van der Waals surface area contributed by atoms with Crippen molar-refractivity contribution in [3.63, 3.8) is 0 Å². The van der Waals surface area contributed by atoms with E-state index in [9.17, 15) is 14.4 Å². The van der Waals surface area contributed by atoms with Crippen molar-refractivity contribution < 1.29 is 14.4 Å². The number of rotatable bonds is 7. The van der Waals surface area contributed by atoms with E-state index in [0.717, 1.165) is 23.0 Å². The molecule has 0 fully saturated rings. The minimum Gasteiger partial charge on any atom is -0.308 e. The highest BCUT2D eigenvalue weighted by atomic mass is 16.2. The van der Waals surface area contributed by atoms with Gasteiger partial charge in [-0.15, -0.1) is 0 Å². The Balaban J connectivity index is 1.52. The van der Waals surface area contributed by atoms with E-state index in [1.807, 2.05) is 80.6 Å². The quantitative estimate of drug-likeness (QED) is 0.258. The van der Waals surface area contributed by atoms with Gasteiger partial charge in [-0.05, 0) is 62.2 Å². The molecule has 5 rings (SSSR count). The van der Waals surface area contributed by atoms with Crippen LogP contribution in [0.5, 0.6) is 0 Å². The number of fused-ring (bicyclic) bond motifs is 1. The maximum absolute atomic E-state index is 13.9. The summed E-state index contributed by atoms with van der Waals surface area (Å²) in [4.78, 5) is 45.7. The third-order valence-electron chi connectivity index (χ3n) is 6.86. The lowest BCUT2D eigenvalue weighted by atomic mass is 10.1. The number of nitrogens with zero attached hydrogens (tertiary/aromatic N) is 4. The van der Waals surface area contributed by atoms with Crippen LogP contribution in [-0.4, -0.2) is 45.4 Å². The van der Waals surface area contributed by atoms with Crippen molar-refractivity contribution in [2.24, 2.45) is 0 Å². The fourth-order valence-electron chi connectivity index (χ4n) is 4.77. The normalized spacial score (nSPS) is 14.8. The first-order valence-electron chi connectivity index (χ1n) is 13.3. The van der Waals surface area contributed by atoms with Crippen LogP contribution < -0.4 is 9.80 Å². The standard InChI is InChI=1S/C32H31N5O3/c1-4-23-14-16-25(17-15-23)37(22(2)3)30(38)21-35-18-19-36(24-10-6-5-7-11-24)32(40)27(31(35)39)20-29-26-12-8-9-13-28(26)33-34-29/h5-20,22H,4,21H2,1-3H3,(H,33,34)/b27-20+. The molecule has 1 aromatic heterocycles. The van der Waals surface area contributed by atoms with Crippen LogP contribution in [0.25, 0.3) is 17.0 Å². The summed E-state index contributed by atoms with van der Waals surface area (Å²) in [7, 11) is 0. The number of carbonyl (C=O) groups excluding carboxylic acids is 3. The fraction of sp³-hybridized carbons (Fsp3) is 0.188. The third kappa shape index (κ3) is 5.29. The molecule has 0 bridgehead atoms. The molecule has 1 aliphatic heterocycles. The number of amides is 3. The molecule has 0 aliphatic carbocycles. The van der Waals surface area contributed by atoms with E-state index in [1.165, 1.54) is 33.8 Å². The van der Waals surface area contributed by atoms with Crippen molar-refractivity contribution in [1.82, 2.24) is 15.1 Å². The average Bonchev–Trinajstić information content (AvgIpc) is 3.34. The number of aromatic amines is 1. The topological polar surface area (TPSA) is 89.6 Å². The van der Waals surface area contributed by atoms with Crippen LogP contribution in [0.4, 0.5) is 11.4 Å². The molecule has 1 aliphatic rings. The van der Waals surface area contributed by atoms with Gasteiger partial charge >= 0.3 is 0 Å². The highest BCUT2D eigenvalue weighted by Gasteiger charge is 2.33. The van der Waals surface area contributed by atoms with Gasteiger partial charge in [-0.2, -0.15) is 5.10 Å². The first kappa shape index (κ1) is 26.6. The van der Waals surface area contributed by atoms with E-state index in [1.54, 1.807) is 17.0 Å². The molecular formula is C32H31N5O3. The highest BCUT2D eigenvalue weighted by Crippen LogP contribution is 2.26. The first-order valence-corrected chi connectivity index (χ1v) is 13.3. The van der Waals surface area contributed by atoms with Gasteiger partial charge in [-0.1, -0.05) is 55.5 Å². The zero-order chi connectivity index (χ0) is 28.2. The number of para-hydroxylation sites is 2. The molecule has 1 N–H and O–H groups in total. The molecule has 0 spiro atoms. The van der Waals surface area contributed by atoms with Gasteiger partial charge in [0.15, 0.2) is 0 Å². The summed E-state index contributed by atoms with van der Waals surface area (Å²) < 4.78 is 0. The third-order valence-corrected chi connectivity index (χ3v) is 6.86. The molecular weight excluding hydrogens is 502 g/mol. The molecule has 0 unspecified atom stereocenters. The van der Waals surface area contributed by atoms with Gasteiger partial charge in [0.1, 0.15) is 12.1 Å². The van der Waals surface area contributed by atoms with Crippen molar-refractivity contribution in [3.8, 4) is 0 Å². The Morgan fingerprint density at radius 2 is 1.62 bits per heavy atom. The van der Waals surface area contributed by atoms with Gasteiger partial charge in [-0.25, -0.2) is 0 Å². The number of nitrogens with one attached hydrogen (secondary N) is 1. The summed E-state index contributed by atoms with van der Waals surface area (Å²) in [6.07, 6.45) is 5.42. The van der Waals surface area contributed by atoms with Gasteiger partial charge in [0.25, 0.3) is 11.8 Å². The summed E-state index contributed by atoms with van der Waals surface area (Å²) >= 11 is 0. The summed E-state index contributed by atoms with van der Waals surface area (Å²) in [5.74, 6) is -1.35. The number of hydrogen-bond donors (Lipinski definition) is 1. The lowest BCUT2D eigenvalue weighted by Gasteiger charge is -2.29.